The maximum atomic E-state index is 12.6. The molecule has 1 atom stereocenters. The van der Waals surface area contributed by atoms with Gasteiger partial charge in [-0.05, 0) is 43.1 Å². The van der Waals surface area contributed by atoms with E-state index in [1.165, 1.54) is 17.8 Å². The number of nitro groups is 1. The number of carbonyl (C=O) groups is 1. The van der Waals surface area contributed by atoms with Crippen LogP contribution in [0.3, 0.4) is 0 Å². The predicted octanol–water partition coefficient (Wildman–Crippen LogP) is 3.30. The maximum absolute atomic E-state index is 12.6. The first-order chi connectivity index (χ1) is 11.4. The average Bonchev–Trinajstić information content (AvgIpc) is 2.54. The molecular formula is C17H25N3O3S. The highest BCUT2D eigenvalue weighted by Gasteiger charge is 2.24. The largest absolute Gasteiger partial charge is 0.337 e. The summed E-state index contributed by atoms with van der Waals surface area (Å²) in [6.45, 7) is 5.42. The van der Waals surface area contributed by atoms with E-state index in [2.05, 4.69) is 13.8 Å². The number of amides is 1. The third-order valence-corrected chi connectivity index (χ3v) is 5.20. The van der Waals surface area contributed by atoms with Gasteiger partial charge in [0.05, 0.1) is 9.82 Å². The Morgan fingerprint density at radius 1 is 1.50 bits per heavy atom. The number of nitrogens with zero attached hydrogens (tertiary/aromatic N) is 2. The van der Waals surface area contributed by atoms with E-state index in [9.17, 15) is 14.9 Å². The number of nitro benzene ring substituents is 1. The summed E-state index contributed by atoms with van der Waals surface area (Å²) < 4.78 is 0. The molecule has 2 rings (SSSR count). The smallest absolute Gasteiger partial charge is 0.283 e. The van der Waals surface area contributed by atoms with E-state index in [4.69, 9.17) is 5.73 Å². The van der Waals surface area contributed by atoms with Crippen molar-refractivity contribution in [1.29, 1.82) is 0 Å². The SMILES string of the molecule is CC(C)CCSc1ccc(C(=O)N2CCCC(N)C2)cc1[N+](=O)[O-]. The lowest BCUT2D eigenvalue weighted by atomic mass is 10.1. The summed E-state index contributed by atoms with van der Waals surface area (Å²) in [6.07, 6.45) is 2.78. The van der Waals surface area contributed by atoms with Gasteiger partial charge in [0, 0.05) is 30.8 Å². The van der Waals surface area contributed by atoms with Crippen LogP contribution in [0, 0.1) is 16.0 Å². The number of hydrogen-bond acceptors (Lipinski definition) is 5. The minimum Gasteiger partial charge on any atom is -0.337 e. The lowest BCUT2D eigenvalue weighted by Gasteiger charge is -2.30. The van der Waals surface area contributed by atoms with E-state index in [1.54, 1.807) is 17.0 Å². The minimum atomic E-state index is -0.406. The monoisotopic (exact) mass is 351 g/mol. The molecule has 1 fully saturated rings. The van der Waals surface area contributed by atoms with Crippen LogP contribution in [-0.2, 0) is 0 Å². The lowest BCUT2D eigenvalue weighted by Crippen LogP contribution is -2.45. The molecule has 6 nitrogen and oxygen atoms in total. The second-order valence-corrected chi connectivity index (χ2v) is 7.76. The second kappa shape index (κ2) is 8.48. The molecular weight excluding hydrogens is 326 g/mol. The molecule has 1 aliphatic rings. The highest BCUT2D eigenvalue weighted by atomic mass is 32.2. The van der Waals surface area contributed by atoms with Crippen molar-refractivity contribution in [3.63, 3.8) is 0 Å². The van der Waals surface area contributed by atoms with E-state index >= 15 is 0 Å². The lowest BCUT2D eigenvalue weighted by molar-refractivity contribution is -0.387. The van der Waals surface area contributed by atoms with E-state index in [1.807, 2.05) is 0 Å². The quantitative estimate of drug-likeness (QED) is 0.482. The van der Waals surface area contributed by atoms with Crippen LogP contribution >= 0.6 is 11.8 Å². The molecule has 0 saturated carbocycles. The fourth-order valence-electron chi connectivity index (χ4n) is 2.70. The summed E-state index contributed by atoms with van der Waals surface area (Å²) in [5.41, 5.74) is 6.29. The number of benzene rings is 1. The molecule has 0 aromatic heterocycles. The third-order valence-electron chi connectivity index (χ3n) is 4.10. The van der Waals surface area contributed by atoms with E-state index in [-0.39, 0.29) is 17.6 Å². The summed E-state index contributed by atoms with van der Waals surface area (Å²) in [5.74, 6) is 1.21. The Labute approximate surface area is 146 Å². The number of nitrogens with two attached hydrogens (primary N) is 1. The zero-order chi connectivity index (χ0) is 17.7. The minimum absolute atomic E-state index is 0.0101. The van der Waals surface area contributed by atoms with Crippen LogP contribution in [-0.4, -0.2) is 40.6 Å². The molecule has 24 heavy (non-hydrogen) atoms. The Morgan fingerprint density at radius 2 is 2.25 bits per heavy atom. The van der Waals surface area contributed by atoms with Gasteiger partial charge in [-0.15, -0.1) is 11.8 Å². The Bertz CT molecular complexity index is 607. The maximum Gasteiger partial charge on any atom is 0.283 e. The Balaban J connectivity index is 2.15. The zero-order valence-electron chi connectivity index (χ0n) is 14.2. The van der Waals surface area contributed by atoms with Crippen molar-refractivity contribution in [2.75, 3.05) is 18.8 Å². The van der Waals surface area contributed by atoms with Gasteiger partial charge in [0.2, 0.25) is 0 Å². The zero-order valence-corrected chi connectivity index (χ0v) is 15.1. The number of thioether (sulfide) groups is 1. The number of likely N-dealkylation sites (tertiary alicyclic amines) is 1. The molecule has 1 unspecified atom stereocenters. The molecule has 2 N–H and O–H groups in total. The fraction of sp³-hybridized carbons (Fsp3) is 0.588. The summed E-state index contributed by atoms with van der Waals surface area (Å²) in [5, 5.41) is 11.4. The predicted molar refractivity (Wildman–Crippen MR) is 96.4 cm³/mol. The van der Waals surface area contributed by atoms with Crippen molar-refractivity contribution in [3.05, 3.63) is 33.9 Å². The van der Waals surface area contributed by atoms with Crippen LogP contribution in [0.25, 0.3) is 0 Å². The molecule has 0 bridgehead atoms. The van der Waals surface area contributed by atoms with Crippen LogP contribution < -0.4 is 5.73 Å². The second-order valence-electron chi connectivity index (χ2n) is 6.62. The third kappa shape index (κ3) is 4.95. The summed E-state index contributed by atoms with van der Waals surface area (Å²) in [4.78, 5) is 25.9. The van der Waals surface area contributed by atoms with Gasteiger partial charge in [0.25, 0.3) is 11.6 Å². The highest BCUT2D eigenvalue weighted by molar-refractivity contribution is 7.99. The van der Waals surface area contributed by atoms with E-state index < -0.39 is 4.92 Å². The first-order valence-electron chi connectivity index (χ1n) is 8.34. The fourth-order valence-corrected chi connectivity index (χ4v) is 3.95. The first kappa shape index (κ1) is 18.7. The molecule has 1 amide bonds. The van der Waals surface area contributed by atoms with Gasteiger partial charge >= 0.3 is 0 Å². The van der Waals surface area contributed by atoms with Crippen LogP contribution in [0.15, 0.2) is 23.1 Å². The van der Waals surface area contributed by atoms with Crippen LogP contribution in [0.1, 0.15) is 43.5 Å². The van der Waals surface area contributed by atoms with E-state index in [0.29, 0.717) is 29.5 Å². The highest BCUT2D eigenvalue weighted by Crippen LogP contribution is 2.31. The molecule has 0 radical (unpaired) electrons. The van der Waals surface area contributed by atoms with Crippen LogP contribution in [0.2, 0.25) is 0 Å². The summed E-state index contributed by atoms with van der Waals surface area (Å²) in [7, 11) is 0. The molecule has 7 heteroatoms. The molecule has 1 aromatic carbocycles. The molecule has 1 aromatic rings. The topological polar surface area (TPSA) is 89.5 Å². The van der Waals surface area contributed by atoms with Crippen molar-refractivity contribution in [1.82, 2.24) is 4.90 Å². The van der Waals surface area contributed by atoms with Gasteiger partial charge in [-0.2, -0.15) is 0 Å². The standard InChI is InChI=1S/C17H25N3O3S/c1-12(2)7-9-24-16-6-5-13(10-15(16)20(22)23)17(21)19-8-3-4-14(18)11-19/h5-6,10,12,14H,3-4,7-9,11,18H2,1-2H3. The summed E-state index contributed by atoms with van der Waals surface area (Å²) in [6, 6.07) is 4.77. The first-order valence-corrected chi connectivity index (χ1v) is 9.33. The van der Waals surface area contributed by atoms with Crippen molar-refractivity contribution >= 4 is 23.4 Å². The average molecular weight is 351 g/mol. The van der Waals surface area contributed by atoms with Crippen molar-refractivity contribution in [2.45, 2.75) is 44.0 Å². The Kier molecular flexibility index (Phi) is 6.62. The van der Waals surface area contributed by atoms with E-state index in [0.717, 1.165) is 25.0 Å². The molecule has 1 aliphatic heterocycles. The van der Waals surface area contributed by atoms with Crippen molar-refractivity contribution < 1.29 is 9.72 Å². The number of piperidine rings is 1. The van der Waals surface area contributed by atoms with Gasteiger partial charge in [0.15, 0.2) is 0 Å². The van der Waals surface area contributed by atoms with Gasteiger partial charge in [0.1, 0.15) is 0 Å². The van der Waals surface area contributed by atoms with Crippen molar-refractivity contribution in [2.24, 2.45) is 11.7 Å². The summed E-state index contributed by atoms with van der Waals surface area (Å²) >= 11 is 1.47. The Hall–Kier alpha value is -1.60. The number of rotatable bonds is 6. The van der Waals surface area contributed by atoms with Crippen LogP contribution in [0.5, 0.6) is 0 Å². The molecule has 132 valence electrons. The Morgan fingerprint density at radius 3 is 2.88 bits per heavy atom. The van der Waals surface area contributed by atoms with Crippen LogP contribution in [0.4, 0.5) is 5.69 Å². The molecule has 0 aliphatic carbocycles. The normalized spacial score (nSPS) is 18.0. The molecule has 1 saturated heterocycles. The number of hydrogen-bond donors (Lipinski definition) is 1. The molecule has 0 spiro atoms. The van der Waals surface area contributed by atoms with Gasteiger partial charge in [-0.25, -0.2) is 0 Å². The van der Waals surface area contributed by atoms with Gasteiger partial charge in [-0.3, -0.25) is 14.9 Å². The number of carbonyl (C=O) groups excluding carboxylic acids is 1. The molecule has 1 heterocycles. The van der Waals surface area contributed by atoms with Gasteiger partial charge < -0.3 is 10.6 Å². The van der Waals surface area contributed by atoms with Crippen molar-refractivity contribution in [3.8, 4) is 0 Å². The van der Waals surface area contributed by atoms with Gasteiger partial charge in [-0.1, -0.05) is 13.8 Å².